The van der Waals surface area contributed by atoms with Gasteiger partial charge in [0.25, 0.3) is 0 Å². The highest BCUT2D eigenvalue weighted by molar-refractivity contribution is 5.91. The van der Waals surface area contributed by atoms with Gasteiger partial charge in [-0.1, -0.05) is 25.7 Å². The lowest BCUT2D eigenvalue weighted by molar-refractivity contribution is -0.123. The summed E-state index contributed by atoms with van der Waals surface area (Å²) in [5, 5.41) is 7.04. The third kappa shape index (κ3) is 6.12. The second-order valence-electron chi connectivity index (χ2n) is 8.47. The van der Waals surface area contributed by atoms with E-state index in [9.17, 15) is 4.79 Å². The topological polar surface area (TPSA) is 89.0 Å². The summed E-state index contributed by atoms with van der Waals surface area (Å²) in [6.07, 6.45) is 3.25. The molecule has 0 fully saturated rings. The van der Waals surface area contributed by atoms with Crippen molar-refractivity contribution in [1.82, 2.24) is 20.3 Å². The molecule has 2 aromatic carbocycles. The number of benzene rings is 2. The number of hydrogen-bond acceptors (Lipinski definition) is 6. The van der Waals surface area contributed by atoms with Crippen LogP contribution < -0.4 is 15.4 Å². The highest BCUT2D eigenvalue weighted by Gasteiger charge is 2.08. The number of pyridine rings is 1. The van der Waals surface area contributed by atoms with Crippen LogP contribution in [0.2, 0.25) is 0 Å². The van der Waals surface area contributed by atoms with Gasteiger partial charge in [0.15, 0.2) is 0 Å². The third-order valence-electron chi connectivity index (χ3n) is 5.29. The van der Waals surface area contributed by atoms with E-state index < -0.39 is 0 Å². The number of rotatable bonds is 6. The Morgan fingerprint density at radius 3 is 2.63 bits per heavy atom. The summed E-state index contributed by atoms with van der Waals surface area (Å²) in [5.74, 6) is 8.15. The first-order chi connectivity index (χ1) is 16.9. The summed E-state index contributed by atoms with van der Waals surface area (Å²) in [7, 11) is 0. The van der Waals surface area contributed by atoms with Crippen molar-refractivity contribution in [2.75, 3.05) is 11.9 Å². The van der Waals surface area contributed by atoms with Gasteiger partial charge in [-0.15, -0.1) is 0 Å². The molecule has 7 heteroatoms. The molecule has 2 N–H and O–H groups in total. The molecule has 0 saturated carbocycles. The van der Waals surface area contributed by atoms with Crippen molar-refractivity contribution in [1.29, 1.82) is 0 Å². The summed E-state index contributed by atoms with van der Waals surface area (Å²) < 4.78 is 5.97. The number of aromatic nitrogens is 3. The van der Waals surface area contributed by atoms with Gasteiger partial charge in [-0.2, -0.15) is 0 Å². The van der Waals surface area contributed by atoms with Crippen LogP contribution in [-0.2, 0) is 4.79 Å². The minimum atomic E-state index is -0.0628. The van der Waals surface area contributed by atoms with Gasteiger partial charge < -0.3 is 15.4 Å². The number of carbonyl (C=O) groups is 1. The predicted molar refractivity (Wildman–Crippen MR) is 138 cm³/mol. The fourth-order valence-electron chi connectivity index (χ4n) is 3.34. The van der Waals surface area contributed by atoms with E-state index in [1.807, 2.05) is 76.2 Å². The molecule has 0 spiro atoms. The van der Waals surface area contributed by atoms with Gasteiger partial charge in [0.2, 0.25) is 5.91 Å². The number of hydrogen-bond donors (Lipinski definition) is 2. The maximum Gasteiger partial charge on any atom is 0.223 e. The number of ether oxygens (including phenoxy) is 1. The Balaban J connectivity index is 1.51. The monoisotopic (exact) mass is 465 g/mol. The van der Waals surface area contributed by atoms with Gasteiger partial charge in [-0.25, -0.2) is 9.97 Å². The zero-order valence-electron chi connectivity index (χ0n) is 20.2. The predicted octanol–water partition coefficient (Wildman–Crippen LogP) is 5.30. The molecule has 0 saturated heterocycles. The van der Waals surface area contributed by atoms with Crippen LogP contribution in [0.5, 0.6) is 11.5 Å². The van der Waals surface area contributed by atoms with Crippen LogP contribution in [0, 0.1) is 31.6 Å². The maximum atomic E-state index is 11.7. The number of aryl methyl sites for hydroxylation is 2. The molecule has 2 heterocycles. The number of anilines is 2. The minimum absolute atomic E-state index is 0.0139. The molecule has 4 rings (SSSR count). The molecule has 176 valence electrons. The van der Waals surface area contributed by atoms with E-state index in [-0.39, 0.29) is 11.8 Å². The van der Waals surface area contributed by atoms with Gasteiger partial charge in [0.1, 0.15) is 23.6 Å². The standard InChI is InChI=1S/C28H27N5O2/c1-18(2)28(34)29-13-5-6-21-8-11-25-24(15-21)27(32-17-31-25)33-22-9-12-26(19(3)14-22)35-23-10-7-20(4)30-16-23/h7-12,14-18H,13H2,1-4H3,(H,29,34)(H,31,32,33). The maximum absolute atomic E-state index is 11.7. The normalized spacial score (nSPS) is 10.5. The van der Waals surface area contributed by atoms with Gasteiger partial charge in [-0.05, 0) is 67.9 Å². The Morgan fingerprint density at radius 1 is 1.03 bits per heavy atom. The second kappa shape index (κ2) is 10.7. The molecule has 0 aliphatic heterocycles. The van der Waals surface area contributed by atoms with Crippen molar-refractivity contribution in [3.63, 3.8) is 0 Å². The number of nitrogens with one attached hydrogen (secondary N) is 2. The van der Waals surface area contributed by atoms with Crippen LogP contribution >= 0.6 is 0 Å². The molecule has 0 bridgehead atoms. The molecule has 7 nitrogen and oxygen atoms in total. The number of nitrogens with zero attached hydrogens (tertiary/aromatic N) is 3. The average molecular weight is 466 g/mol. The zero-order chi connectivity index (χ0) is 24.8. The largest absolute Gasteiger partial charge is 0.455 e. The van der Waals surface area contributed by atoms with Crippen molar-refractivity contribution < 1.29 is 9.53 Å². The Morgan fingerprint density at radius 2 is 1.89 bits per heavy atom. The molecule has 0 aliphatic rings. The van der Waals surface area contributed by atoms with E-state index in [4.69, 9.17) is 4.74 Å². The smallest absolute Gasteiger partial charge is 0.223 e. The number of fused-ring (bicyclic) bond motifs is 1. The van der Waals surface area contributed by atoms with Gasteiger partial charge >= 0.3 is 0 Å². The van der Waals surface area contributed by atoms with E-state index in [1.165, 1.54) is 6.33 Å². The molecule has 35 heavy (non-hydrogen) atoms. The van der Waals surface area contributed by atoms with Crippen molar-refractivity contribution in [2.45, 2.75) is 27.7 Å². The van der Waals surface area contributed by atoms with Crippen molar-refractivity contribution in [3.8, 4) is 23.3 Å². The molecule has 0 atom stereocenters. The number of amides is 1. The molecule has 1 amide bonds. The Kier molecular flexibility index (Phi) is 7.22. The summed E-state index contributed by atoms with van der Waals surface area (Å²) in [6.45, 7) is 7.94. The lowest BCUT2D eigenvalue weighted by Crippen LogP contribution is -2.27. The van der Waals surface area contributed by atoms with Crippen LogP contribution in [0.4, 0.5) is 11.5 Å². The highest BCUT2D eigenvalue weighted by Crippen LogP contribution is 2.29. The molecule has 2 aromatic heterocycles. The third-order valence-corrected chi connectivity index (χ3v) is 5.29. The van der Waals surface area contributed by atoms with Gasteiger partial charge in [-0.3, -0.25) is 9.78 Å². The highest BCUT2D eigenvalue weighted by atomic mass is 16.5. The van der Waals surface area contributed by atoms with Crippen molar-refractivity contribution in [2.24, 2.45) is 5.92 Å². The summed E-state index contributed by atoms with van der Waals surface area (Å²) >= 11 is 0. The van der Waals surface area contributed by atoms with Crippen LogP contribution in [-0.4, -0.2) is 27.4 Å². The van der Waals surface area contributed by atoms with Crippen LogP contribution in [0.1, 0.15) is 30.7 Å². The lowest BCUT2D eigenvalue weighted by atomic mass is 10.1. The quantitative estimate of drug-likeness (QED) is 0.376. The Labute approximate surface area is 205 Å². The van der Waals surface area contributed by atoms with Gasteiger partial charge in [0.05, 0.1) is 18.3 Å². The summed E-state index contributed by atoms with van der Waals surface area (Å²) in [4.78, 5) is 24.8. The van der Waals surface area contributed by atoms with Crippen LogP contribution in [0.25, 0.3) is 10.9 Å². The molecular formula is C28H27N5O2. The summed E-state index contributed by atoms with van der Waals surface area (Å²) in [6, 6.07) is 15.5. The molecule has 4 aromatic rings. The fraction of sp³-hybridized carbons (Fsp3) is 0.214. The van der Waals surface area contributed by atoms with Crippen LogP contribution in [0.3, 0.4) is 0 Å². The first kappa shape index (κ1) is 23.7. The first-order valence-electron chi connectivity index (χ1n) is 11.4. The van der Waals surface area contributed by atoms with E-state index in [2.05, 4.69) is 37.4 Å². The Hall–Kier alpha value is -4.44. The fourth-order valence-corrected chi connectivity index (χ4v) is 3.34. The SMILES string of the molecule is Cc1ccc(Oc2ccc(Nc3ncnc4ccc(C#CCNC(=O)C(C)C)cc34)cc2C)cn1. The van der Waals surface area contributed by atoms with Gasteiger partial charge in [0, 0.05) is 28.2 Å². The van der Waals surface area contributed by atoms with Crippen molar-refractivity contribution in [3.05, 3.63) is 77.9 Å². The average Bonchev–Trinajstić information content (AvgIpc) is 2.85. The van der Waals surface area contributed by atoms with E-state index >= 15 is 0 Å². The lowest BCUT2D eigenvalue weighted by Gasteiger charge is -2.12. The molecule has 0 radical (unpaired) electrons. The Bertz CT molecular complexity index is 1420. The summed E-state index contributed by atoms with van der Waals surface area (Å²) in [5.41, 5.74) is 4.43. The van der Waals surface area contributed by atoms with E-state index in [1.54, 1.807) is 6.20 Å². The van der Waals surface area contributed by atoms with Crippen LogP contribution in [0.15, 0.2) is 61.1 Å². The van der Waals surface area contributed by atoms with E-state index in [0.29, 0.717) is 18.1 Å². The molecular weight excluding hydrogens is 438 g/mol. The zero-order valence-corrected chi connectivity index (χ0v) is 20.2. The molecule has 0 unspecified atom stereocenters. The van der Waals surface area contributed by atoms with Crippen molar-refractivity contribution >= 4 is 28.3 Å². The number of carbonyl (C=O) groups excluding carboxylic acids is 1. The van der Waals surface area contributed by atoms with E-state index in [0.717, 1.165) is 39.2 Å². The minimum Gasteiger partial charge on any atom is -0.455 e. The second-order valence-corrected chi connectivity index (χ2v) is 8.47. The molecule has 0 aliphatic carbocycles. The first-order valence-corrected chi connectivity index (χ1v) is 11.4.